The summed E-state index contributed by atoms with van der Waals surface area (Å²) in [5.74, 6) is 0. The number of nitrogens with zero attached hydrogens (tertiary/aromatic N) is 2. The van der Waals surface area contributed by atoms with Crippen molar-refractivity contribution in [2.24, 2.45) is 0 Å². The number of nitrogens with two attached hydrogens (primary N) is 1. The Morgan fingerprint density at radius 3 is 2.60 bits per heavy atom. The number of sulfonamides is 1. The minimum absolute atomic E-state index is 0.0389. The van der Waals surface area contributed by atoms with Crippen LogP contribution in [0.1, 0.15) is 12.5 Å². The Morgan fingerprint density at radius 2 is 2.00 bits per heavy atom. The highest BCUT2D eigenvalue weighted by Crippen LogP contribution is 2.29. The van der Waals surface area contributed by atoms with Crippen molar-refractivity contribution in [1.82, 2.24) is 9.21 Å². The first-order valence-corrected chi connectivity index (χ1v) is 8.73. The van der Waals surface area contributed by atoms with Crippen LogP contribution in [-0.4, -0.2) is 50.3 Å². The van der Waals surface area contributed by atoms with Crippen LogP contribution in [0.3, 0.4) is 0 Å². The highest BCUT2D eigenvalue weighted by Gasteiger charge is 2.33. The van der Waals surface area contributed by atoms with Gasteiger partial charge in [0.1, 0.15) is 0 Å². The molecule has 0 aromatic heterocycles. The average molecular weight is 362 g/mol. The van der Waals surface area contributed by atoms with Crippen LogP contribution in [0, 0.1) is 6.92 Å². The number of hydrogen-bond donors (Lipinski definition) is 1. The number of nitrogen functional groups attached to an aromatic ring is 1. The quantitative estimate of drug-likeness (QED) is 0.813. The van der Waals surface area contributed by atoms with Crippen molar-refractivity contribution in [2.45, 2.75) is 24.8 Å². The summed E-state index contributed by atoms with van der Waals surface area (Å²) in [6.45, 7) is 5.72. The van der Waals surface area contributed by atoms with E-state index in [4.69, 9.17) is 5.73 Å². The highest BCUT2D eigenvalue weighted by atomic mass is 79.9. The lowest BCUT2D eigenvalue weighted by Crippen LogP contribution is -2.52. The summed E-state index contributed by atoms with van der Waals surface area (Å²) in [6.07, 6.45) is 0. The summed E-state index contributed by atoms with van der Waals surface area (Å²) in [6, 6.07) is 3.26. The molecule has 0 radical (unpaired) electrons. The fourth-order valence-corrected chi connectivity index (χ4v) is 4.87. The first-order chi connectivity index (χ1) is 9.23. The van der Waals surface area contributed by atoms with Gasteiger partial charge in [0.05, 0.1) is 4.90 Å². The second kappa shape index (κ2) is 5.63. The summed E-state index contributed by atoms with van der Waals surface area (Å²) in [5.41, 5.74) is 6.98. The first kappa shape index (κ1) is 15.8. The molecule has 2 rings (SSSR count). The second-order valence-corrected chi connectivity index (χ2v) is 8.08. The number of likely N-dealkylation sites (N-methyl/N-ethyl adjacent to an activating group) is 1. The number of hydrogen-bond acceptors (Lipinski definition) is 4. The van der Waals surface area contributed by atoms with Gasteiger partial charge >= 0.3 is 0 Å². The molecule has 0 saturated carbocycles. The molecule has 20 heavy (non-hydrogen) atoms. The number of benzene rings is 1. The summed E-state index contributed by atoms with van der Waals surface area (Å²) >= 11 is 3.32. The average Bonchev–Trinajstić information content (AvgIpc) is 2.33. The lowest BCUT2D eigenvalue weighted by Gasteiger charge is -2.37. The molecule has 2 N–H and O–H groups in total. The molecule has 5 nitrogen and oxygen atoms in total. The third-order valence-electron chi connectivity index (χ3n) is 3.65. The smallest absolute Gasteiger partial charge is 0.243 e. The van der Waals surface area contributed by atoms with Crippen molar-refractivity contribution in [2.75, 3.05) is 32.4 Å². The predicted octanol–water partition coefficient (Wildman–Crippen LogP) is 1.66. The lowest BCUT2D eigenvalue weighted by molar-refractivity contribution is 0.170. The third-order valence-corrected chi connectivity index (χ3v) is 6.49. The van der Waals surface area contributed by atoms with E-state index in [9.17, 15) is 8.42 Å². The van der Waals surface area contributed by atoms with Crippen molar-refractivity contribution < 1.29 is 8.42 Å². The van der Waals surface area contributed by atoms with Crippen LogP contribution in [0.25, 0.3) is 0 Å². The SMILES string of the molecule is Cc1cc(Br)c(N)cc1S(=O)(=O)N1CCN(C)CC1C. The molecule has 1 heterocycles. The maximum atomic E-state index is 12.8. The van der Waals surface area contributed by atoms with Crippen molar-refractivity contribution in [3.8, 4) is 0 Å². The second-order valence-electron chi connectivity index (χ2n) is 5.37. The first-order valence-electron chi connectivity index (χ1n) is 6.49. The van der Waals surface area contributed by atoms with Gasteiger partial charge in [0.2, 0.25) is 10.0 Å². The third kappa shape index (κ3) is 2.86. The summed E-state index contributed by atoms with van der Waals surface area (Å²) in [4.78, 5) is 2.44. The van der Waals surface area contributed by atoms with E-state index < -0.39 is 10.0 Å². The molecule has 0 spiro atoms. The van der Waals surface area contributed by atoms with Gasteiger partial charge < -0.3 is 10.6 Å². The van der Waals surface area contributed by atoms with Crippen LogP contribution in [0.5, 0.6) is 0 Å². The zero-order valence-electron chi connectivity index (χ0n) is 11.9. The Kier molecular flexibility index (Phi) is 4.44. The summed E-state index contributed by atoms with van der Waals surface area (Å²) < 4.78 is 27.9. The van der Waals surface area contributed by atoms with Gasteiger partial charge in [0, 0.05) is 35.8 Å². The molecule has 1 aromatic rings. The molecular formula is C13H20BrN3O2S. The van der Waals surface area contributed by atoms with E-state index in [0.29, 0.717) is 22.7 Å². The predicted molar refractivity (Wildman–Crippen MR) is 84.1 cm³/mol. The van der Waals surface area contributed by atoms with Gasteiger partial charge in [-0.25, -0.2) is 8.42 Å². The van der Waals surface area contributed by atoms with Crippen LogP contribution in [0.4, 0.5) is 5.69 Å². The van der Waals surface area contributed by atoms with E-state index in [1.807, 2.05) is 14.0 Å². The lowest BCUT2D eigenvalue weighted by atomic mass is 10.2. The molecule has 1 atom stereocenters. The molecule has 1 unspecified atom stereocenters. The molecule has 1 fully saturated rings. The van der Waals surface area contributed by atoms with Crippen LogP contribution < -0.4 is 5.73 Å². The van der Waals surface area contributed by atoms with Crippen molar-refractivity contribution in [3.05, 3.63) is 22.2 Å². The fourth-order valence-electron chi connectivity index (χ4n) is 2.55. The number of piperazine rings is 1. The maximum Gasteiger partial charge on any atom is 0.243 e. The Morgan fingerprint density at radius 1 is 1.35 bits per heavy atom. The Hall–Kier alpha value is -0.630. The van der Waals surface area contributed by atoms with E-state index in [1.165, 1.54) is 0 Å². The molecule has 7 heteroatoms. The van der Waals surface area contributed by atoms with Crippen molar-refractivity contribution in [1.29, 1.82) is 0 Å². The van der Waals surface area contributed by atoms with Crippen LogP contribution >= 0.6 is 15.9 Å². The van der Waals surface area contributed by atoms with Gasteiger partial charge in [-0.05, 0) is 54.5 Å². The monoisotopic (exact) mass is 361 g/mol. The highest BCUT2D eigenvalue weighted by molar-refractivity contribution is 9.10. The number of halogens is 1. The van der Waals surface area contributed by atoms with Crippen LogP contribution in [0.2, 0.25) is 0 Å². The van der Waals surface area contributed by atoms with E-state index in [-0.39, 0.29) is 6.04 Å². The summed E-state index contributed by atoms with van der Waals surface area (Å²) in [5, 5.41) is 0. The molecule has 0 aliphatic carbocycles. The molecular weight excluding hydrogens is 342 g/mol. The normalized spacial score (nSPS) is 22.1. The Balaban J connectivity index is 2.43. The minimum Gasteiger partial charge on any atom is -0.398 e. The molecule has 0 bridgehead atoms. The molecule has 112 valence electrons. The van der Waals surface area contributed by atoms with Crippen LogP contribution in [0.15, 0.2) is 21.5 Å². The molecule has 0 amide bonds. The van der Waals surface area contributed by atoms with E-state index >= 15 is 0 Å². The zero-order valence-corrected chi connectivity index (χ0v) is 14.3. The zero-order chi connectivity index (χ0) is 15.1. The van der Waals surface area contributed by atoms with E-state index in [1.54, 1.807) is 23.4 Å². The summed E-state index contributed by atoms with van der Waals surface area (Å²) in [7, 11) is -1.50. The van der Waals surface area contributed by atoms with Gasteiger partial charge in [-0.15, -0.1) is 0 Å². The van der Waals surface area contributed by atoms with Gasteiger partial charge in [-0.2, -0.15) is 4.31 Å². The maximum absolute atomic E-state index is 12.8. The van der Waals surface area contributed by atoms with Gasteiger partial charge in [0.15, 0.2) is 0 Å². The molecule has 1 saturated heterocycles. The van der Waals surface area contributed by atoms with E-state index in [2.05, 4.69) is 20.8 Å². The standard InChI is InChI=1S/C13H20BrN3O2S/c1-9-6-11(14)12(15)7-13(9)20(18,19)17-5-4-16(3)8-10(17)2/h6-7,10H,4-5,8,15H2,1-3H3. The fraction of sp³-hybridized carbons (Fsp3) is 0.538. The van der Waals surface area contributed by atoms with Gasteiger partial charge in [0.25, 0.3) is 0 Å². The van der Waals surface area contributed by atoms with Gasteiger partial charge in [-0.3, -0.25) is 0 Å². The topological polar surface area (TPSA) is 66.6 Å². The van der Waals surface area contributed by atoms with Gasteiger partial charge in [-0.1, -0.05) is 0 Å². The molecule has 1 aliphatic rings. The number of anilines is 1. The number of rotatable bonds is 2. The Labute approximate surface area is 128 Å². The van der Waals surface area contributed by atoms with Crippen molar-refractivity contribution in [3.63, 3.8) is 0 Å². The van der Waals surface area contributed by atoms with Crippen LogP contribution in [-0.2, 0) is 10.0 Å². The Bertz CT molecular complexity index is 618. The molecule has 1 aromatic carbocycles. The minimum atomic E-state index is -3.50. The molecule has 1 aliphatic heterocycles. The van der Waals surface area contributed by atoms with E-state index in [0.717, 1.165) is 17.6 Å². The number of aryl methyl sites for hydroxylation is 1. The van der Waals surface area contributed by atoms with Crippen molar-refractivity contribution >= 4 is 31.6 Å². The largest absolute Gasteiger partial charge is 0.398 e.